The summed E-state index contributed by atoms with van der Waals surface area (Å²) in [5.41, 5.74) is 3.74. The summed E-state index contributed by atoms with van der Waals surface area (Å²) in [6.45, 7) is 0.623. The number of aromatic nitrogens is 4. The van der Waals surface area contributed by atoms with Crippen LogP contribution < -0.4 is 20.7 Å². The molecule has 174 valence electrons. The molecule has 8 nitrogen and oxygen atoms in total. The summed E-state index contributed by atoms with van der Waals surface area (Å²) in [5.74, 6) is 1.17. The van der Waals surface area contributed by atoms with Crippen molar-refractivity contribution in [1.29, 1.82) is 0 Å². The predicted octanol–water partition coefficient (Wildman–Crippen LogP) is 3.45. The Hall–Kier alpha value is -4.20. The lowest BCUT2D eigenvalue weighted by Crippen LogP contribution is -2.36. The van der Waals surface area contributed by atoms with Crippen molar-refractivity contribution in [1.82, 2.24) is 18.7 Å². The zero-order chi connectivity index (χ0) is 24.0. The molecule has 34 heavy (non-hydrogen) atoms. The highest BCUT2D eigenvalue weighted by molar-refractivity contribution is 5.94. The Labute approximate surface area is 195 Å². The number of para-hydroxylation sites is 1. The molecule has 0 aliphatic carbocycles. The Morgan fingerprint density at radius 2 is 1.71 bits per heavy atom. The van der Waals surface area contributed by atoms with E-state index in [0.717, 1.165) is 27.8 Å². The smallest absolute Gasteiger partial charge is 0.330 e. The molecule has 3 aromatic heterocycles. The first kappa shape index (κ1) is 21.6. The van der Waals surface area contributed by atoms with Gasteiger partial charge in [0.1, 0.15) is 0 Å². The van der Waals surface area contributed by atoms with E-state index in [0.29, 0.717) is 28.9 Å². The second kappa shape index (κ2) is 8.30. The molecule has 0 spiro atoms. The van der Waals surface area contributed by atoms with Crippen molar-refractivity contribution in [3.05, 3.63) is 81.3 Å². The first-order chi connectivity index (χ1) is 16.4. The molecule has 2 aromatic carbocycles. The van der Waals surface area contributed by atoms with Crippen LogP contribution in [0.3, 0.4) is 0 Å². The zero-order valence-corrected chi connectivity index (χ0v) is 19.6. The highest BCUT2D eigenvalue weighted by atomic mass is 16.5. The fraction of sp³-hybridized carbons (Fsp3) is 0.231. The first-order valence-electron chi connectivity index (χ1n) is 11.0. The number of benzene rings is 2. The number of H-pyrrole nitrogens is 1. The third-order valence-corrected chi connectivity index (χ3v) is 6.47. The summed E-state index contributed by atoms with van der Waals surface area (Å²) < 4.78 is 15.6. The van der Waals surface area contributed by atoms with Gasteiger partial charge in [0.05, 0.1) is 30.8 Å². The average molecular weight is 459 g/mol. The highest BCUT2D eigenvalue weighted by Gasteiger charge is 2.20. The molecule has 0 amide bonds. The van der Waals surface area contributed by atoms with Crippen LogP contribution in [0.4, 0.5) is 0 Å². The summed E-state index contributed by atoms with van der Waals surface area (Å²) >= 11 is 0. The Morgan fingerprint density at radius 1 is 0.941 bits per heavy atom. The molecule has 1 N–H and O–H groups in total. The number of nitrogens with one attached hydrogen (secondary N) is 1. The minimum Gasteiger partial charge on any atom is -0.493 e. The SMILES string of the molecule is COc1ccc(-c2c3c(=O)n(C)c(=O)n(C)c3cn2CCc2c[nH]c3ccccc23)cc1OC. The number of aryl methyl sites for hydroxylation is 3. The molecule has 5 rings (SSSR count). The van der Waals surface area contributed by atoms with E-state index in [9.17, 15) is 9.59 Å². The minimum atomic E-state index is -0.356. The van der Waals surface area contributed by atoms with Crippen molar-refractivity contribution >= 4 is 21.8 Å². The largest absolute Gasteiger partial charge is 0.493 e. The topological polar surface area (TPSA) is 83.2 Å². The Morgan fingerprint density at radius 3 is 2.47 bits per heavy atom. The maximum absolute atomic E-state index is 13.3. The van der Waals surface area contributed by atoms with E-state index in [2.05, 4.69) is 21.7 Å². The second-order valence-corrected chi connectivity index (χ2v) is 8.32. The summed E-state index contributed by atoms with van der Waals surface area (Å²) in [4.78, 5) is 29.2. The fourth-order valence-corrected chi connectivity index (χ4v) is 4.64. The maximum atomic E-state index is 13.3. The zero-order valence-electron chi connectivity index (χ0n) is 19.6. The molecule has 3 heterocycles. The van der Waals surface area contributed by atoms with E-state index in [1.54, 1.807) is 21.3 Å². The van der Waals surface area contributed by atoms with Crippen LogP contribution in [0.1, 0.15) is 5.56 Å². The lowest BCUT2D eigenvalue weighted by atomic mass is 10.1. The Bertz CT molecular complexity index is 1650. The lowest BCUT2D eigenvalue weighted by molar-refractivity contribution is 0.355. The lowest BCUT2D eigenvalue weighted by Gasteiger charge is -2.13. The van der Waals surface area contributed by atoms with Gasteiger partial charge in [0.2, 0.25) is 0 Å². The first-order valence-corrected chi connectivity index (χ1v) is 11.0. The number of fused-ring (bicyclic) bond motifs is 2. The molecule has 0 radical (unpaired) electrons. The van der Waals surface area contributed by atoms with Crippen LogP contribution in [0, 0.1) is 0 Å². The molecule has 0 atom stereocenters. The average Bonchev–Trinajstić information content (AvgIpc) is 3.46. The van der Waals surface area contributed by atoms with E-state index in [1.165, 1.54) is 22.6 Å². The molecule has 0 aliphatic heterocycles. The van der Waals surface area contributed by atoms with Crippen LogP contribution in [-0.4, -0.2) is 32.9 Å². The van der Waals surface area contributed by atoms with Gasteiger partial charge in [0.15, 0.2) is 11.5 Å². The highest BCUT2D eigenvalue weighted by Crippen LogP contribution is 2.35. The van der Waals surface area contributed by atoms with Crippen LogP contribution in [0.5, 0.6) is 11.5 Å². The number of nitrogens with zero attached hydrogens (tertiary/aromatic N) is 3. The standard InChI is InChI=1S/C26H26N4O4/c1-28-20-15-30(12-11-17-14-27-19-8-6-5-7-18(17)19)24(23(20)25(31)29(2)26(28)32)16-9-10-21(33-3)22(13-16)34-4/h5-10,13-15,27H,11-12H2,1-4H3. The molecular weight excluding hydrogens is 432 g/mol. The number of rotatable bonds is 6. The van der Waals surface area contributed by atoms with Crippen LogP contribution in [0.25, 0.3) is 33.1 Å². The van der Waals surface area contributed by atoms with Gasteiger partial charge in [-0.1, -0.05) is 18.2 Å². The van der Waals surface area contributed by atoms with E-state index in [-0.39, 0.29) is 11.2 Å². The summed E-state index contributed by atoms with van der Waals surface area (Å²) in [5, 5.41) is 1.67. The van der Waals surface area contributed by atoms with Crippen LogP contribution in [0.15, 0.2) is 64.4 Å². The number of hydrogen-bond acceptors (Lipinski definition) is 4. The van der Waals surface area contributed by atoms with Gasteiger partial charge in [-0.15, -0.1) is 0 Å². The molecule has 0 saturated heterocycles. The normalized spacial score (nSPS) is 11.4. The molecule has 0 unspecified atom stereocenters. The van der Waals surface area contributed by atoms with Crippen molar-refractivity contribution in [2.75, 3.05) is 14.2 Å². The van der Waals surface area contributed by atoms with Gasteiger partial charge in [-0.25, -0.2) is 4.79 Å². The van der Waals surface area contributed by atoms with Crippen molar-refractivity contribution in [3.8, 4) is 22.8 Å². The number of ether oxygens (including phenoxy) is 2. The van der Waals surface area contributed by atoms with Gasteiger partial charge in [0.25, 0.3) is 5.56 Å². The summed E-state index contributed by atoms with van der Waals surface area (Å²) in [6.07, 6.45) is 4.66. The van der Waals surface area contributed by atoms with Crippen molar-refractivity contribution in [2.24, 2.45) is 14.1 Å². The van der Waals surface area contributed by atoms with Gasteiger partial charge in [-0.2, -0.15) is 0 Å². The predicted molar refractivity (Wildman–Crippen MR) is 133 cm³/mol. The molecule has 0 aliphatic rings. The van der Waals surface area contributed by atoms with E-state index in [1.807, 2.05) is 42.7 Å². The van der Waals surface area contributed by atoms with Gasteiger partial charge in [0, 0.05) is 49.5 Å². The monoisotopic (exact) mass is 458 g/mol. The quantitative estimate of drug-likeness (QED) is 0.423. The van der Waals surface area contributed by atoms with Crippen molar-refractivity contribution in [2.45, 2.75) is 13.0 Å². The van der Waals surface area contributed by atoms with Gasteiger partial charge < -0.3 is 19.0 Å². The third-order valence-electron chi connectivity index (χ3n) is 6.47. The number of methoxy groups -OCH3 is 2. The summed E-state index contributed by atoms with van der Waals surface area (Å²) in [6, 6.07) is 13.8. The van der Waals surface area contributed by atoms with Crippen LogP contribution >= 0.6 is 0 Å². The number of hydrogen-bond donors (Lipinski definition) is 1. The molecule has 0 saturated carbocycles. The molecule has 0 fully saturated rings. The third kappa shape index (κ3) is 3.30. The van der Waals surface area contributed by atoms with Crippen LogP contribution in [0.2, 0.25) is 0 Å². The van der Waals surface area contributed by atoms with E-state index < -0.39 is 0 Å². The fourth-order valence-electron chi connectivity index (χ4n) is 4.64. The molecule has 5 aromatic rings. The summed E-state index contributed by atoms with van der Waals surface area (Å²) in [7, 11) is 6.36. The Balaban J connectivity index is 1.71. The van der Waals surface area contributed by atoms with Crippen molar-refractivity contribution < 1.29 is 9.47 Å². The molecule has 0 bridgehead atoms. The maximum Gasteiger partial charge on any atom is 0.330 e. The van der Waals surface area contributed by atoms with Gasteiger partial charge >= 0.3 is 5.69 Å². The van der Waals surface area contributed by atoms with Gasteiger partial charge in [-0.3, -0.25) is 13.9 Å². The Kier molecular flexibility index (Phi) is 5.28. The molecule has 8 heteroatoms. The minimum absolute atomic E-state index is 0.325. The van der Waals surface area contributed by atoms with E-state index in [4.69, 9.17) is 9.47 Å². The molecular formula is C26H26N4O4. The van der Waals surface area contributed by atoms with Crippen molar-refractivity contribution in [3.63, 3.8) is 0 Å². The van der Waals surface area contributed by atoms with E-state index >= 15 is 0 Å². The van der Waals surface area contributed by atoms with Crippen LogP contribution in [-0.2, 0) is 27.1 Å². The second-order valence-electron chi connectivity index (χ2n) is 8.32. The number of aromatic amines is 1. The van der Waals surface area contributed by atoms with Gasteiger partial charge in [-0.05, 0) is 36.2 Å².